The van der Waals surface area contributed by atoms with Crippen LogP contribution in [-0.4, -0.2) is 26.3 Å². The Balaban J connectivity index is 1.55. The second-order valence-corrected chi connectivity index (χ2v) is 12.1. The number of aliphatic hydroxyl groups is 1. The quantitative estimate of drug-likeness (QED) is 0.446. The molecule has 1 aliphatic carbocycles. The lowest BCUT2D eigenvalue weighted by atomic mass is 9.62. The van der Waals surface area contributed by atoms with E-state index in [-0.39, 0.29) is 11.8 Å². The molecule has 5 atom stereocenters. The third kappa shape index (κ3) is 3.90. The van der Waals surface area contributed by atoms with Crippen LogP contribution in [0.25, 0.3) is 5.57 Å². The Bertz CT molecular complexity index is 1260. The largest absolute Gasteiger partial charge is 0.384 e. The van der Waals surface area contributed by atoms with E-state index in [4.69, 9.17) is 10.00 Å². The highest BCUT2D eigenvalue weighted by atomic mass is 16.5. The van der Waals surface area contributed by atoms with Gasteiger partial charge < -0.3 is 20.1 Å². The summed E-state index contributed by atoms with van der Waals surface area (Å²) in [4.78, 5) is 7.35. The van der Waals surface area contributed by atoms with Crippen LogP contribution in [0.15, 0.2) is 42.6 Å². The average Bonchev–Trinajstić information content (AvgIpc) is 3.44. The summed E-state index contributed by atoms with van der Waals surface area (Å²) in [6, 6.07) is 8.44. The number of anilines is 1. The molecule has 2 aliphatic heterocycles. The van der Waals surface area contributed by atoms with Gasteiger partial charge in [-0.05, 0) is 61.8 Å². The smallest absolute Gasteiger partial charge is 0.137 e. The van der Waals surface area contributed by atoms with Crippen LogP contribution in [0.1, 0.15) is 83.5 Å². The Kier molecular flexibility index (Phi) is 5.74. The number of imidazole rings is 1. The first-order valence-corrected chi connectivity index (χ1v) is 13.0. The van der Waals surface area contributed by atoms with Gasteiger partial charge in [0, 0.05) is 23.1 Å². The number of nitriles is 1. The molecule has 5 rings (SSSR count). The molecule has 6 nitrogen and oxygen atoms in total. The fraction of sp³-hybridized carbons (Fsp3) is 0.533. The molecule has 0 amide bonds. The standard InChI is InChI=1S/C30H38N4O2/c1-19-28(5)13-14-29(6,36-28)20(2)30(19,35)22-7-8-25(32-18-26-33-17-23(16-31)34-26)24(15-22)21-9-11-27(3,4)12-10-21/h7-9,13-15,17,19-20,32,35H,10-12,18H2,1-6H3,(H,33,34)/t19-,20+,28+,29-,30?. The van der Waals surface area contributed by atoms with Crippen LogP contribution >= 0.6 is 0 Å². The molecule has 0 saturated carbocycles. The lowest BCUT2D eigenvalue weighted by molar-refractivity contribution is -0.257. The molecular weight excluding hydrogens is 448 g/mol. The van der Waals surface area contributed by atoms with Gasteiger partial charge in [0.15, 0.2) is 0 Å². The van der Waals surface area contributed by atoms with Crippen LogP contribution in [0, 0.1) is 28.6 Å². The fourth-order valence-electron chi connectivity index (χ4n) is 6.31. The molecule has 36 heavy (non-hydrogen) atoms. The highest BCUT2D eigenvalue weighted by molar-refractivity contribution is 5.78. The van der Waals surface area contributed by atoms with E-state index in [0.29, 0.717) is 23.5 Å². The molecule has 3 aliphatic rings. The number of aromatic amines is 1. The van der Waals surface area contributed by atoms with Crippen LogP contribution in [0.4, 0.5) is 5.69 Å². The zero-order valence-electron chi connectivity index (χ0n) is 22.3. The second-order valence-electron chi connectivity index (χ2n) is 12.1. The van der Waals surface area contributed by atoms with Crippen molar-refractivity contribution in [1.29, 1.82) is 5.26 Å². The normalized spacial score (nSPS) is 34.8. The lowest BCUT2D eigenvalue weighted by Gasteiger charge is -2.55. The maximum atomic E-state index is 12.4. The summed E-state index contributed by atoms with van der Waals surface area (Å²) >= 11 is 0. The molecule has 1 aromatic carbocycles. The molecule has 6 heteroatoms. The van der Waals surface area contributed by atoms with E-state index in [1.807, 2.05) is 0 Å². The van der Waals surface area contributed by atoms with Crippen molar-refractivity contribution in [3.8, 4) is 6.07 Å². The first kappa shape index (κ1) is 24.8. The second kappa shape index (κ2) is 8.33. The first-order valence-electron chi connectivity index (χ1n) is 13.0. The topological polar surface area (TPSA) is 94.0 Å². The number of allylic oxidation sites excluding steroid dienone is 2. The fourth-order valence-corrected chi connectivity index (χ4v) is 6.31. The zero-order valence-corrected chi connectivity index (χ0v) is 22.3. The van der Waals surface area contributed by atoms with E-state index in [0.717, 1.165) is 36.1 Å². The molecular formula is C30H38N4O2. The molecule has 190 valence electrons. The van der Waals surface area contributed by atoms with E-state index in [2.05, 4.69) is 99.3 Å². The van der Waals surface area contributed by atoms with Gasteiger partial charge in [-0.25, -0.2) is 4.98 Å². The Labute approximate surface area is 214 Å². The molecule has 2 aromatic rings. The maximum Gasteiger partial charge on any atom is 0.137 e. The van der Waals surface area contributed by atoms with Crippen molar-refractivity contribution in [2.75, 3.05) is 5.32 Å². The van der Waals surface area contributed by atoms with Crippen molar-refractivity contribution < 1.29 is 9.84 Å². The van der Waals surface area contributed by atoms with Gasteiger partial charge in [0.1, 0.15) is 23.2 Å². The van der Waals surface area contributed by atoms with E-state index >= 15 is 0 Å². The molecule has 1 unspecified atom stereocenters. The number of H-pyrrole nitrogens is 1. The SMILES string of the molecule is C[C@@H]1C(O)(c2ccc(NCc3ncc(C#N)[nH]3)c(C3=CCC(C)(C)CC3)c2)[C@H](C)[C@]2(C)C=C[C@@]1(C)O2. The summed E-state index contributed by atoms with van der Waals surface area (Å²) in [6.07, 6.45) is 11.3. The molecule has 1 saturated heterocycles. The summed E-state index contributed by atoms with van der Waals surface area (Å²) in [5.74, 6) is 0.477. The maximum absolute atomic E-state index is 12.4. The number of nitrogens with zero attached hydrogens (tertiary/aromatic N) is 2. The molecule has 0 spiro atoms. The third-order valence-corrected chi connectivity index (χ3v) is 9.22. The Morgan fingerprint density at radius 2 is 1.86 bits per heavy atom. The predicted octanol–water partition coefficient (Wildman–Crippen LogP) is 6.06. The summed E-state index contributed by atoms with van der Waals surface area (Å²) in [5, 5.41) is 25.1. The monoisotopic (exact) mass is 486 g/mol. The van der Waals surface area contributed by atoms with Gasteiger partial charge in [0.2, 0.25) is 0 Å². The average molecular weight is 487 g/mol. The highest BCUT2D eigenvalue weighted by Gasteiger charge is 2.63. The molecule has 1 fully saturated rings. The van der Waals surface area contributed by atoms with Crippen LogP contribution in [0.3, 0.4) is 0 Å². The Morgan fingerprint density at radius 1 is 1.17 bits per heavy atom. The van der Waals surface area contributed by atoms with E-state index in [1.54, 1.807) is 6.20 Å². The molecule has 1 aromatic heterocycles. The molecule has 2 bridgehead atoms. The van der Waals surface area contributed by atoms with Gasteiger partial charge in [-0.2, -0.15) is 5.26 Å². The van der Waals surface area contributed by atoms with E-state index < -0.39 is 16.8 Å². The Morgan fingerprint density at radius 3 is 2.44 bits per heavy atom. The van der Waals surface area contributed by atoms with Crippen molar-refractivity contribution in [1.82, 2.24) is 9.97 Å². The third-order valence-electron chi connectivity index (χ3n) is 9.22. The lowest BCUT2D eigenvalue weighted by Crippen LogP contribution is -2.61. The minimum atomic E-state index is -1.05. The van der Waals surface area contributed by atoms with Gasteiger partial charge >= 0.3 is 0 Å². The van der Waals surface area contributed by atoms with Crippen molar-refractivity contribution in [2.45, 2.75) is 84.2 Å². The number of fused-ring (bicyclic) bond motifs is 2. The molecule has 3 N–H and O–H groups in total. The van der Waals surface area contributed by atoms with Crippen molar-refractivity contribution in [2.24, 2.45) is 17.3 Å². The molecule has 3 heterocycles. The Hall–Kier alpha value is -2.88. The first-order chi connectivity index (χ1) is 16.9. The van der Waals surface area contributed by atoms with E-state index in [1.165, 1.54) is 5.57 Å². The summed E-state index contributed by atoms with van der Waals surface area (Å²) in [7, 11) is 0. The van der Waals surface area contributed by atoms with Crippen molar-refractivity contribution >= 4 is 11.3 Å². The van der Waals surface area contributed by atoms with Gasteiger partial charge in [-0.15, -0.1) is 0 Å². The number of hydrogen-bond acceptors (Lipinski definition) is 5. The van der Waals surface area contributed by atoms with Gasteiger partial charge in [-0.3, -0.25) is 0 Å². The zero-order chi connectivity index (χ0) is 25.9. The summed E-state index contributed by atoms with van der Waals surface area (Å²) in [5.41, 5.74) is 3.06. The summed E-state index contributed by atoms with van der Waals surface area (Å²) < 4.78 is 6.48. The number of aromatic nitrogens is 2. The van der Waals surface area contributed by atoms with Crippen LogP contribution in [-0.2, 0) is 16.9 Å². The molecule has 0 radical (unpaired) electrons. The van der Waals surface area contributed by atoms with Crippen LogP contribution in [0.5, 0.6) is 0 Å². The number of benzene rings is 1. The minimum absolute atomic E-state index is 0.120. The van der Waals surface area contributed by atoms with E-state index in [9.17, 15) is 5.11 Å². The number of ether oxygens (including phenoxy) is 1. The van der Waals surface area contributed by atoms with Gasteiger partial charge in [-0.1, -0.05) is 52.0 Å². The number of nitrogens with one attached hydrogen (secondary N) is 2. The number of rotatable bonds is 5. The number of hydrogen-bond donors (Lipinski definition) is 3. The van der Waals surface area contributed by atoms with Gasteiger partial charge in [0.25, 0.3) is 0 Å². The van der Waals surface area contributed by atoms with Crippen molar-refractivity contribution in [3.05, 3.63) is 65.3 Å². The highest BCUT2D eigenvalue weighted by Crippen LogP contribution is 2.58. The minimum Gasteiger partial charge on any atom is -0.384 e. The van der Waals surface area contributed by atoms with Crippen molar-refractivity contribution in [3.63, 3.8) is 0 Å². The predicted molar refractivity (Wildman–Crippen MR) is 142 cm³/mol. The summed E-state index contributed by atoms with van der Waals surface area (Å²) in [6.45, 7) is 13.5. The van der Waals surface area contributed by atoms with Crippen LogP contribution in [0.2, 0.25) is 0 Å². The van der Waals surface area contributed by atoms with Gasteiger partial charge in [0.05, 0.1) is 23.9 Å². The van der Waals surface area contributed by atoms with Crippen LogP contribution < -0.4 is 5.32 Å².